The Balaban J connectivity index is 1.30. The van der Waals surface area contributed by atoms with E-state index in [0.717, 1.165) is 36.7 Å². The standard InChI is InChI=1S/C19H23N3O3S/c1-12-5-4-6-15(20-12)8-24-16-7-19(26-9-16)10-22(11-19)18(23)17-13(2)21-25-14(17)3/h4-6,16H,7-11H2,1-3H3/t16-/m0/s1. The molecule has 0 unspecified atom stereocenters. The third-order valence-electron chi connectivity index (χ3n) is 5.08. The van der Waals surface area contributed by atoms with Gasteiger partial charge in [-0.3, -0.25) is 9.78 Å². The maximum absolute atomic E-state index is 12.7. The second-order valence-corrected chi connectivity index (χ2v) is 8.75. The number of nitrogens with zero attached hydrogens (tertiary/aromatic N) is 3. The summed E-state index contributed by atoms with van der Waals surface area (Å²) in [6.45, 7) is 7.67. The van der Waals surface area contributed by atoms with E-state index in [9.17, 15) is 4.79 Å². The van der Waals surface area contributed by atoms with Crippen LogP contribution in [-0.2, 0) is 11.3 Å². The number of aromatic nitrogens is 2. The molecule has 2 aliphatic heterocycles. The smallest absolute Gasteiger partial charge is 0.259 e. The van der Waals surface area contributed by atoms with Gasteiger partial charge in [-0.1, -0.05) is 11.2 Å². The molecular formula is C19H23N3O3S. The maximum Gasteiger partial charge on any atom is 0.259 e. The molecule has 1 amide bonds. The summed E-state index contributed by atoms with van der Waals surface area (Å²) >= 11 is 1.93. The highest BCUT2D eigenvalue weighted by atomic mass is 32.2. The van der Waals surface area contributed by atoms with Crippen molar-refractivity contribution in [3.8, 4) is 0 Å². The van der Waals surface area contributed by atoms with Gasteiger partial charge in [0, 0.05) is 24.5 Å². The number of hydrogen-bond donors (Lipinski definition) is 0. The van der Waals surface area contributed by atoms with Crippen molar-refractivity contribution in [2.24, 2.45) is 0 Å². The van der Waals surface area contributed by atoms with Gasteiger partial charge in [0.1, 0.15) is 11.3 Å². The number of thioether (sulfide) groups is 1. The van der Waals surface area contributed by atoms with Crippen molar-refractivity contribution >= 4 is 17.7 Å². The van der Waals surface area contributed by atoms with Gasteiger partial charge in [-0.05, 0) is 39.3 Å². The second kappa shape index (κ2) is 6.70. The van der Waals surface area contributed by atoms with Crippen LogP contribution in [0, 0.1) is 20.8 Å². The summed E-state index contributed by atoms with van der Waals surface area (Å²) < 4.78 is 11.3. The van der Waals surface area contributed by atoms with Gasteiger partial charge in [-0.2, -0.15) is 0 Å². The minimum atomic E-state index is 0.0285. The highest BCUT2D eigenvalue weighted by Crippen LogP contribution is 2.46. The highest BCUT2D eigenvalue weighted by Gasteiger charge is 2.51. The predicted molar refractivity (Wildman–Crippen MR) is 99.2 cm³/mol. The maximum atomic E-state index is 12.7. The number of carbonyl (C=O) groups excluding carboxylic acids is 1. The van der Waals surface area contributed by atoms with E-state index in [2.05, 4.69) is 10.1 Å². The van der Waals surface area contributed by atoms with Crippen LogP contribution in [0.15, 0.2) is 22.7 Å². The first-order chi connectivity index (χ1) is 12.5. The first-order valence-corrected chi connectivity index (χ1v) is 9.85. The van der Waals surface area contributed by atoms with Gasteiger partial charge in [0.15, 0.2) is 0 Å². The molecule has 0 bridgehead atoms. The van der Waals surface area contributed by atoms with Crippen molar-refractivity contribution in [3.63, 3.8) is 0 Å². The van der Waals surface area contributed by atoms with Crippen LogP contribution in [0.5, 0.6) is 0 Å². The van der Waals surface area contributed by atoms with Crippen LogP contribution in [0.1, 0.15) is 39.6 Å². The number of carbonyl (C=O) groups is 1. The zero-order valence-corrected chi connectivity index (χ0v) is 16.1. The minimum absolute atomic E-state index is 0.0285. The number of likely N-dealkylation sites (tertiary alicyclic amines) is 1. The molecular weight excluding hydrogens is 350 g/mol. The van der Waals surface area contributed by atoms with Gasteiger partial charge < -0.3 is 14.2 Å². The first-order valence-electron chi connectivity index (χ1n) is 8.86. The summed E-state index contributed by atoms with van der Waals surface area (Å²) in [5, 5.41) is 3.88. The van der Waals surface area contributed by atoms with Gasteiger partial charge in [-0.25, -0.2) is 0 Å². The fourth-order valence-electron chi connectivity index (χ4n) is 3.75. The molecule has 7 heteroatoms. The van der Waals surface area contributed by atoms with Gasteiger partial charge in [0.25, 0.3) is 5.91 Å². The lowest BCUT2D eigenvalue weighted by Crippen LogP contribution is -2.60. The van der Waals surface area contributed by atoms with E-state index in [4.69, 9.17) is 9.26 Å². The van der Waals surface area contributed by atoms with E-state index >= 15 is 0 Å². The second-order valence-electron chi connectivity index (χ2n) is 7.26. The van der Waals surface area contributed by atoms with Crippen molar-refractivity contribution in [1.82, 2.24) is 15.0 Å². The zero-order valence-electron chi connectivity index (χ0n) is 15.3. The Kier molecular flexibility index (Phi) is 4.52. The molecule has 1 spiro atoms. The van der Waals surface area contributed by atoms with Gasteiger partial charge in [0.2, 0.25) is 0 Å². The lowest BCUT2D eigenvalue weighted by Gasteiger charge is -2.47. The van der Waals surface area contributed by atoms with Crippen LogP contribution in [0.3, 0.4) is 0 Å². The van der Waals surface area contributed by atoms with E-state index in [-0.39, 0.29) is 16.8 Å². The van der Waals surface area contributed by atoms with E-state index in [1.54, 1.807) is 6.92 Å². The molecule has 2 aliphatic rings. The lowest BCUT2D eigenvalue weighted by atomic mass is 9.92. The average molecular weight is 373 g/mol. The molecule has 2 saturated heterocycles. The normalized spacial score (nSPS) is 21.2. The Morgan fingerprint density at radius 1 is 1.38 bits per heavy atom. The van der Waals surface area contributed by atoms with Crippen molar-refractivity contribution in [1.29, 1.82) is 0 Å². The molecule has 138 valence electrons. The summed E-state index contributed by atoms with van der Waals surface area (Å²) in [5.41, 5.74) is 3.26. The van der Waals surface area contributed by atoms with Crippen LogP contribution in [0.4, 0.5) is 0 Å². The average Bonchev–Trinajstić information content (AvgIpc) is 3.15. The number of hydrogen-bond acceptors (Lipinski definition) is 6. The molecule has 0 radical (unpaired) electrons. The summed E-state index contributed by atoms with van der Waals surface area (Å²) in [6.07, 6.45) is 1.20. The molecule has 0 saturated carbocycles. The summed E-state index contributed by atoms with van der Waals surface area (Å²) in [4.78, 5) is 19.0. The molecule has 0 aromatic carbocycles. The van der Waals surface area contributed by atoms with Crippen molar-refractivity contribution < 1.29 is 14.1 Å². The first kappa shape index (κ1) is 17.5. The number of aryl methyl sites for hydroxylation is 3. The molecule has 1 atom stereocenters. The fourth-order valence-corrected chi connectivity index (χ4v) is 5.30. The Bertz CT molecular complexity index is 810. The molecule has 4 rings (SSSR count). The van der Waals surface area contributed by atoms with Crippen molar-refractivity contribution in [2.45, 2.75) is 44.6 Å². The van der Waals surface area contributed by atoms with Gasteiger partial charge in [0.05, 0.1) is 28.8 Å². The molecule has 2 aromatic heterocycles. The Morgan fingerprint density at radius 2 is 2.19 bits per heavy atom. The molecule has 6 nitrogen and oxygen atoms in total. The van der Waals surface area contributed by atoms with Gasteiger partial charge >= 0.3 is 0 Å². The SMILES string of the molecule is Cc1cccc(CO[C@@H]2CSC3(C2)CN(C(=O)c2c(C)noc2C)C3)n1. The number of rotatable bonds is 4. The number of amides is 1. The Labute approximate surface area is 157 Å². The predicted octanol–water partition coefficient (Wildman–Crippen LogP) is 2.91. The monoisotopic (exact) mass is 373 g/mol. The van der Waals surface area contributed by atoms with Crippen LogP contribution in [0.25, 0.3) is 0 Å². The minimum Gasteiger partial charge on any atom is -0.371 e. The highest BCUT2D eigenvalue weighted by molar-refractivity contribution is 8.01. The number of ether oxygens (including phenoxy) is 1. The fraction of sp³-hybridized carbons (Fsp3) is 0.526. The topological polar surface area (TPSA) is 68.5 Å². The van der Waals surface area contributed by atoms with E-state index in [1.807, 2.05) is 48.7 Å². The van der Waals surface area contributed by atoms with E-state index < -0.39 is 0 Å². The molecule has 26 heavy (non-hydrogen) atoms. The summed E-state index contributed by atoms with van der Waals surface area (Å²) in [6, 6.07) is 6.00. The van der Waals surface area contributed by atoms with Crippen molar-refractivity contribution in [3.05, 3.63) is 46.6 Å². The summed E-state index contributed by atoms with van der Waals surface area (Å²) in [7, 11) is 0. The molecule has 0 N–H and O–H groups in total. The Morgan fingerprint density at radius 3 is 2.88 bits per heavy atom. The Hall–Kier alpha value is -1.86. The molecule has 0 aliphatic carbocycles. The third kappa shape index (κ3) is 3.25. The van der Waals surface area contributed by atoms with Crippen LogP contribution >= 0.6 is 11.8 Å². The van der Waals surface area contributed by atoms with E-state index in [1.165, 1.54) is 0 Å². The third-order valence-corrected chi connectivity index (χ3v) is 6.66. The molecule has 4 heterocycles. The number of pyridine rings is 1. The summed E-state index contributed by atoms with van der Waals surface area (Å²) in [5.74, 6) is 1.60. The van der Waals surface area contributed by atoms with Gasteiger partial charge in [-0.15, -0.1) is 11.8 Å². The van der Waals surface area contributed by atoms with E-state index in [0.29, 0.717) is 23.6 Å². The van der Waals surface area contributed by atoms with Crippen LogP contribution < -0.4 is 0 Å². The zero-order chi connectivity index (χ0) is 18.3. The van der Waals surface area contributed by atoms with Crippen LogP contribution in [0.2, 0.25) is 0 Å². The molecule has 2 fully saturated rings. The quantitative estimate of drug-likeness (QED) is 0.821. The molecule has 2 aromatic rings. The largest absolute Gasteiger partial charge is 0.371 e. The van der Waals surface area contributed by atoms with Crippen molar-refractivity contribution in [2.75, 3.05) is 18.8 Å². The van der Waals surface area contributed by atoms with Crippen LogP contribution in [-0.4, -0.2) is 50.6 Å². The lowest BCUT2D eigenvalue weighted by molar-refractivity contribution is 0.0244.